The highest BCUT2D eigenvalue weighted by molar-refractivity contribution is 7.84. The average Bonchev–Trinajstić information content (AvgIpc) is 2.39. The zero-order valence-electron chi connectivity index (χ0n) is 11.6. The van der Waals surface area contributed by atoms with Crippen LogP contribution in [0, 0.1) is 5.82 Å². The summed E-state index contributed by atoms with van der Waals surface area (Å²) in [6.07, 6.45) is 0. The lowest BCUT2D eigenvalue weighted by Crippen LogP contribution is -2.01. The van der Waals surface area contributed by atoms with Gasteiger partial charge in [0.15, 0.2) is 0 Å². The number of halogens is 1. The normalized spacial score (nSPS) is 12.6. The van der Waals surface area contributed by atoms with Crippen LogP contribution in [0.5, 0.6) is 0 Å². The summed E-state index contributed by atoms with van der Waals surface area (Å²) >= 11 is 0. The van der Waals surface area contributed by atoms with Crippen LogP contribution >= 0.6 is 0 Å². The molecule has 0 heterocycles. The van der Waals surface area contributed by atoms with E-state index >= 15 is 0 Å². The predicted octanol–water partition coefficient (Wildman–Crippen LogP) is 3.84. The minimum atomic E-state index is -1.26. The Morgan fingerprint density at radius 3 is 2.35 bits per heavy atom. The van der Waals surface area contributed by atoms with Crippen molar-refractivity contribution in [1.29, 1.82) is 0 Å². The van der Waals surface area contributed by atoms with Crippen molar-refractivity contribution in [3.8, 4) is 0 Å². The first-order valence-electron chi connectivity index (χ1n) is 6.49. The maximum absolute atomic E-state index is 13.0. The summed E-state index contributed by atoms with van der Waals surface area (Å²) in [5.74, 6) is 0.445. The van der Waals surface area contributed by atoms with Gasteiger partial charge in [0.05, 0.1) is 27.1 Å². The van der Waals surface area contributed by atoms with E-state index in [1.54, 1.807) is 0 Å². The van der Waals surface area contributed by atoms with Gasteiger partial charge in [-0.3, -0.25) is 4.21 Å². The van der Waals surface area contributed by atoms with Crippen molar-refractivity contribution < 1.29 is 8.60 Å². The van der Waals surface area contributed by atoms with E-state index in [4.69, 9.17) is 5.73 Å². The Morgan fingerprint density at radius 1 is 1.15 bits per heavy atom. The standard InChI is InChI=1S/C16H18FNOS/c1-11(2)13-5-3-12(4-6-13)10-20(19)16-8-7-14(17)9-15(16)18/h3-9,11H,10,18H2,1-2H3. The molecule has 20 heavy (non-hydrogen) atoms. The van der Waals surface area contributed by atoms with Gasteiger partial charge in [0.1, 0.15) is 5.82 Å². The first-order chi connectivity index (χ1) is 9.47. The van der Waals surface area contributed by atoms with Gasteiger partial charge in [-0.2, -0.15) is 0 Å². The molecule has 4 heteroatoms. The van der Waals surface area contributed by atoms with E-state index in [1.807, 2.05) is 24.3 Å². The molecule has 0 saturated heterocycles. The molecule has 0 bridgehead atoms. The lowest BCUT2D eigenvalue weighted by Gasteiger charge is -2.08. The summed E-state index contributed by atoms with van der Waals surface area (Å²) < 4.78 is 25.3. The summed E-state index contributed by atoms with van der Waals surface area (Å²) in [7, 11) is -1.26. The molecule has 106 valence electrons. The van der Waals surface area contributed by atoms with Gasteiger partial charge in [0, 0.05) is 0 Å². The zero-order valence-corrected chi connectivity index (χ0v) is 12.4. The maximum atomic E-state index is 13.0. The van der Waals surface area contributed by atoms with Crippen molar-refractivity contribution in [1.82, 2.24) is 0 Å². The molecule has 2 nitrogen and oxygen atoms in total. The highest BCUT2D eigenvalue weighted by Gasteiger charge is 2.10. The van der Waals surface area contributed by atoms with Crippen LogP contribution in [-0.4, -0.2) is 4.21 Å². The van der Waals surface area contributed by atoms with Crippen LogP contribution < -0.4 is 5.73 Å². The Balaban J connectivity index is 2.15. The Bertz CT molecular complexity index is 623. The highest BCUT2D eigenvalue weighted by Crippen LogP contribution is 2.21. The van der Waals surface area contributed by atoms with Crippen LogP contribution in [0.3, 0.4) is 0 Å². The Morgan fingerprint density at radius 2 is 1.80 bits per heavy atom. The molecular formula is C16H18FNOS. The number of anilines is 1. The minimum Gasteiger partial charge on any atom is -0.398 e. The Kier molecular flexibility index (Phi) is 4.55. The third-order valence-corrected chi connectivity index (χ3v) is 4.62. The van der Waals surface area contributed by atoms with Crippen molar-refractivity contribution in [3.05, 3.63) is 59.4 Å². The maximum Gasteiger partial charge on any atom is 0.125 e. The molecule has 0 spiro atoms. The fourth-order valence-corrected chi connectivity index (χ4v) is 3.15. The number of benzene rings is 2. The van der Waals surface area contributed by atoms with Gasteiger partial charge in [-0.15, -0.1) is 0 Å². The quantitative estimate of drug-likeness (QED) is 0.870. The second-order valence-electron chi connectivity index (χ2n) is 5.07. The van der Waals surface area contributed by atoms with Crippen LogP contribution in [0.2, 0.25) is 0 Å². The van der Waals surface area contributed by atoms with Crippen LogP contribution in [0.15, 0.2) is 47.4 Å². The first-order valence-corrected chi connectivity index (χ1v) is 7.81. The van der Waals surface area contributed by atoms with Crippen molar-refractivity contribution >= 4 is 16.5 Å². The molecular weight excluding hydrogens is 273 g/mol. The van der Waals surface area contributed by atoms with E-state index in [9.17, 15) is 8.60 Å². The highest BCUT2D eigenvalue weighted by atomic mass is 32.2. The molecule has 2 aromatic carbocycles. The average molecular weight is 291 g/mol. The van der Waals surface area contributed by atoms with Crippen LogP contribution in [0.1, 0.15) is 30.9 Å². The van der Waals surface area contributed by atoms with Crippen LogP contribution in [0.25, 0.3) is 0 Å². The summed E-state index contributed by atoms with van der Waals surface area (Å²) in [4.78, 5) is 0.485. The van der Waals surface area contributed by atoms with Gasteiger partial charge in [-0.05, 0) is 35.2 Å². The van der Waals surface area contributed by atoms with Gasteiger partial charge < -0.3 is 5.73 Å². The predicted molar refractivity (Wildman–Crippen MR) is 81.5 cm³/mol. The van der Waals surface area contributed by atoms with E-state index in [1.165, 1.54) is 23.8 Å². The Hall–Kier alpha value is -1.68. The molecule has 0 radical (unpaired) electrons. The van der Waals surface area contributed by atoms with Crippen molar-refractivity contribution in [2.45, 2.75) is 30.4 Å². The smallest absolute Gasteiger partial charge is 0.125 e. The van der Waals surface area contributed by atoms with Crippen molar-refractivity contribution in [2.75, 3.05) is 5.73 Å². The third kappa shape index (κ3) is 3.45. The molecule has 0 aliphatic rings. The van der Waals surface area contributed by atoms with E-state index in [2.05, 4.69) is 13.8 Å². The van der Waals surface area contributed by atoms with Gasteiger partial charge in [0.25, 0.3) is 0 Å². The van der Waals surface area contributed by atoms with Crippen LogP contribution in [-0.2, 0) is 16.6 Å². The molecule has 2 aromatic rings. The fraction of sp³-hybridized carbons (Fsp3) is 0.250. The first kappa shape index (κ1) is 14.7. The summed E-state index contributed by atoms with van der Waals surface area (Å²) in [5.41, 5.74) is 8.18. The largest absolute Gasteiger partial charge is 0.398 e. The molecule has 0 amide bonds. The van der Waals surface area contributed by atoms with Gasteiger partial charge in [-0.1, -0.05) is 38.1 Å². The zero-order chi connectivity index (χ0) is 14.7. The number of nitrogen functional groups attached to an aromatic ring is 1. The second kappa shape index (κ2) is 6.18. The number of hydrogen-bond donors (Lipinski definition) is 1. The van der Waals surface area contributed by atoms with Crippen molar-refractivity contribution in [3.63, 3.8) is 0 Å². The molecule has 1 atom stereocenters. The molecule has 0 aromatic heterocycles. The van der Waals surface area contributed by atoms with Crippen molar-refractivity contribution in [2.24, 2.45) is 0 Å². The molecule has 2 rings (SSSR count). The van der Waals surface area contributed by atoms with Crippen LogP contribution in [0.4, 0.5) is 10.1 Å². The summed E-state index contributed by atoms with van der Waals surface area (Å²) in [6.45, 7) is 4.26. The topological polar surface area (TPSA) is 43.1 Å². The van der Waals surface area contributed by atoms with Gasteiger partial charge >= 0.3 is 0 Å². The minimum absolute atomic E-state index is 0.238. The molecule has 2 N–H and O–H groups in total. The van der Waals surface area contributed by atoms with E-state index in [0.29, 0.717) is 16.6 Å². The lowest BCUT2D eigenvalue weighted by molar-refractivity contribution is 0.627. The van der Waals surface area contributed by atoms with E-state index < -0.39 is 16.6 Å². The van der Waals surface area contributed by atoms with E-state index in [-0.39, 0.29) is 5.69 Å². The second-order valence-corrected chi connectivity index (χ2v) is 6.49. The number of nitrogens with two attached hydrogens (primary N) is 1. The third-order valence-electron chi connectivity index (χ3n) is 3.16. The molecule has 0 saturated carbocycles. The summed E-state index contributed by atoms with van der Waals surface area (Å²) in [5, 5.41) is 0. The molecule has 0 aliphatic heterocycles. The van der Waals surface area contributed by atoms with Gasteiger partial charge in [0.2, 0.25) is 0 Å². The number of hydrogen-bond acceptors (Lipinski definition) is 2. The summed E-state index contributed by atoms with van der Waals surface area (Å²) in [6, 6.07) is 12.0. The molecule has 0 aliphatic carbocycles. The number of rotatable bonds is 4. The molecule has 1 unspecified atom stereocenters. The Labute approximate surface area is 121 Å². The fourth-order valence-electron chi connectivity index (χ4n) is 1.95. The van der Waals surface area contributed by atoms with E-state index in [0.717, 1.165) is 5.56 Å². The monoisotopic (exact) mass is 291 g/mol. The molecule has 0 fully saturated rings. The van der Waals surface area contributed by atoms with Gasteiger partial charge in [-0.25, -0.2) is 4.39 Å². The lowest BCUT2D eigenvalue weighted by atomic mass is 10.0. The SMILES string of the molecule is CC(C)c1ccc(CS(=O)c2ccc(F)cc2N)cc1.